The Morgan fingerprint density at radius 1 is 1.46 bits per heavy atom. The first-order valence-corrected chi connectivity index (χ1v) is 6.32. The summed E-state index contributed by atoms with van der Waals surface area (Å²) in [7, 11) is 0. The van der Waals surface area contributed by atoms with Crippen molar-refractivity contribution in [2.45, 2.75) is 44.4 Å². The molecule has 2 unspecified atom stereocenters. The van der Waals surface area contributed by atoms with Crippen LogP contribution in [0.4, 0.5) is 0 Å². The molecule has 1 N–H and O–H groups in total. The molecule has 2 heteroatoms. The van der Waals surface area contributed by atoms with Crippen LogP contribution in [0.3, 0.4) is 0 Å². The second-order valence-electron chi connectivity index (χ2n) is 4.32. The van der Waals surface area contributed by atoms with Gasteiger partial charge in [0, 0.05) is 23.6 Å². The van der Waals surface area contributed by atoms with Crippen LogP contribution in [0.1, 0.15) is 33.1 Å². The molecule has 1 nitrogen and oxygen atoms in total. The molecule has 1 saturated carbocycles. The van der Waals surface area contributed by atoms with Gasteiger partial charge in [-0.3, -0.25) is 0 Å². The van der Waals surface area contributed by atoms with Crippen molar-refractivity contribution in [3.8, 4) is 0 Å². The number of hydrogen-bond donors (Lipinski definition) is 1. The highest BCUT2D eigenvalue weighted by Crippen LogP contribution is 2.35. The van der Waals surface area contributed by atoms with Gasteiger partial charge in [0.05, 0.1) is 0 Å². The summed E-state index contributed by atoms with van der Waals surface area (Å²) in [6.45, 7) is 5.74. The van der Waals surface area contributed by atoms with Crippen LogP contribution >= 0.6 is 11.8 Å². The highest BCUT2D eigenvalue weighted by molar-refractivity contribution is 8.00. The van der Waals surface area contributed by atoms with Crippen LogP contribution in [-0.2, 0) is 0 Å². The number of allylic oxidation sites excluding steroid dienone is 2. The van der Waals surface area contributed by atoms with Crippen molar-refractivity contribution >= 4 is 11.8 Å². The first-order valence-electron chi connectivity index (χ1n) is 5.27. The zero-order valence-corrected chi connectivity index (χ0v) is 9.41. The Morgan fingerprint density at radius 3 is 3.08 bits per heavy atom. The molecule has 13 heavy (non-hydrogen) atoms. The largest absolute Gasteiger partial charge is 0.312 e. The highest BCUT2D eigenvalue weighted by atomic mass is 32.2. The fraction of sp³-hybridized carbons (Fsp3) is 0.818. The van der Waals surface area contributed by atoms with Crippen LogP contribution in [0, 0.1) is 0 Å². The predicted octanol–water partition coefficient (Wildman–Crippen LogP) is 2.58. The van der Waals surface area contributed by atoms with Gasteiger partial charge in [0.25, 0.3) is 0 Å². The van der Waals surface area contributed by atoms with E-state index in [0.717, 1.165) is 11.3 Å². The van der Waals surface area contributed by atoms with E-state index in [0.29, 0.717) is 0 Å². The Bertz CT molecular complexity index is 218. The van der Waals surface area contributed by atoms with Crippen LogP contribution in [0.15, 0.2) is 11.1 Å². The molecule has 74 valence electrons. The van der Waals surface area contributed by atoms with E-state index in [1.165, 1.54) is 31.6 Å². The van der Waals surface area contributed by atoms with Crippen molar-refractivity contribution in [3.63, 3.8) is 0 Å². The lowest BCUT2D eigenvalue weighted by Crippen LogP contribution is -2.46. The lowest BCUT2D eigenvalue weighted by atomic mass is 9.88. The summed E-state index contributed by atoms with van der Waals surface area (Å²) < 4.78 is 0. The fourth-order valence-electron chi connectivity index (χ4n) is 2.32. The van der Waals surface area contributed by atoms with Crippen LogP contribution in [-0.4, -0.2) is 23.6 Å². The molecule has 2 aliphatic rings. The van der Waals surface area contributed by atoms with Crippen molar-refractivity contribution in [2.24, 2.45) is 0 Å². The van der Waals surface area contributed by atoms with Gasteiger partial charge in [-0.05, 0) is 33.1 Å². The van der Waals surface area contributed by atoms with E-state index in [1.54, 1.807) is 11.1 Å². The third-order valence-electron chi connectivity index (χ3n) is 3.20. The monoisotopic (exact) mass is 197 g/mol. The minimum Gasteiger partial charge on any atom is -0.312 e. The van der Waals surface area contributed by atoms with Crippen molar-refractivity contribution < 1.29 is 0 Å². The number of nitrogens with one attached hydrogen (secondary N) is 1. The highest BCUT2D eigenvalue weighted by Gasteiger charge is 2.29. The summed E-state index contributed by atoms with van der Waals surface area (Å²) in [6, 6.07) is 0.807. The van der Waals surface area contributed by atoms with Crippen molar-refractivity contribution in [2.75, 3.05) is 12.3 Å². The number of hydrogen-bond acceptors (Lipinski definition) is 2. The van der Waals surface area contributed by atoms with Gasteiger partial charge in [0.15, 0.2) is 0 Å². The van der Waals surface area contributed by atoms with Gasteiger partial charge in [-0.15, -0.1) is 0 Å². The maximum Gasteiger partial charge on any atom is 0.0238 e. The van der Waals surface area contributed by atoms with Gasteiger partial charge in [-0.2, -0.15) is 11.8 Å². The average Bonchev–Trinajstić information content (AvgIpc) is 2.17. The summed E-state index contributed by atoms with van der Waals surface area (Å²) in [5.41, 5.74) is 3.28. The Kier molecular flexibility index (Phi) is 2.99. The van der Waals surface area contributed by atoms with E-state index >= 15 is 0 Å². The van der Waals surface area contributed by atoms with Crippen molar-refractivity contribution in [1.29, 1.82) is 0 Å². The number of fused-ring (bicyclic) bond motifs is 1. The molecule has 0 amide bonds. The quantitative estimate of drug-likeness (QED) is 0.599. The first-order chi connectivity index (χ1) is 6.27. The van der Waals surface area contributed by atoms with Gasteiger partial charge in [-0.25, -0.2) is 0 Å². The minimum atomic E-state index is 0.807. The molecule has 0 aromatic rings. The number of rotatable bonds is 0. The molecule has 0 aromatic heterocycles. The van der Waals surface area contributed by atoms with Crippen molar-refractivity contribution in [3.05, 3.63) is 11.1 Å². The zero-order chi connectivity index (χ0) is 9.26. The Hall–Kier alpha value is 0.0500. The van der Waals surface area contributed by atoms with E-state index in [9.17, 15) is 0 Å². The normalized spacial score (nSPS) is 34.2. The minimum absolute atomic E-state index is 0.807. The predicted molar refractivity (Wildman–Crippen MR) is 60.3 cm³/mol. The first kappa shape index (κ1) is 9.60. The molecular formula is C11H19NS. The van der Waals surface area contributed by atoms with Gasteiger partial charge in [0.1, 0.15) is 0 Å². The molecular weight excluding hydrogens is 178 g/mol. The maximum atomic E-state index is 3.64. The SMILES string of the molecule is CC(C)=C1CCC2NCCSC2C1. The summed E-state index contributed by atoms with van der Waals surface area (Å²) in [5, 5.41) is 4.51. The molecule has 1 heterocycles. The summed E-state index contributed by atoms with van der Waals surface area (Å²) in [5.74, 6) is 1.30. The molecule has 2 fully saturated rings. The summed E-state index contributed by atoms with van der Waals surface area (Å²) in [6.07, 6.45) is 4.03. The lowest BCUT2D eigenvalue weighted by Gasteiger charge is -2.37. The van der Waals surface area contributed by atoms with E-state index in [-0.39, 0.29) is 0 Å². The third-order valence-corrected chi connectivity index (χ3v) is 4.56. The third kappa shape index (κ3) is 2.10. The van der Waals surface area contributed by atoms with Crippen LogP contribution < -0.4 is 5.32 Å². The van der Waals surface area contributed by atoms with Crippen LogP contribution in [0.25, 0.3) is 0 Å². The van der Waals surface area contributed by atoms with Gasteiger partial charge < -0.3 is 5.32 Å². The molecule has 1 saturated heterocycles. The Balaban J connectivity index is 2.03. The molecule has 0 bridgehead atoms. The second kappa shape index (κ2) is 4.05. The zero-order valence-electron chi connectivity index (χ0n) is 8.60. The van der Waals surface area contributed by atoms with Gasteiger partial charge >= 0.3 is 0 Å². The fourth-order valence-corrected chi connectivity index (χ4v) is 3.64. The van der Waals surface area contributed by atoms with Crippen LogP contribution in [0.5, 0.6) is 0 Å². The molecule has 0 spiro atoms. The van der Waals surface area contributed by atoms with Gasteiger partial charge in [-0.1, -0.05) is 11.1 Å². The maximum absolute atomic E-state index is 3.64. The standard InChI is InChI=1S/C11H19NS/c1-8(2)9-3-4-10-11(7-9)13-6-5-12-10/h10-12H,3-7H2,1-2H3. The molecule has 0 radical (unpaired) electrons. The van der Waals surface area contributed by atoms with Gasteiger partial charge in [0.2, 0.25) is 0 Å². The second-order valence-corrected chi connectivity index (χ2v) is 5.66. The molecule has 2 rings (SSSR count). The van der Waals surface area contributed by atoms with E-state index in [1.807, 2.05) is 0 Å². The number of thioether (sulfide) groups is 1. The van der Waals surface area contributed by atoms with Crippen LogP contribution in [0.2, 0.25) is 0 Å². The average molecular weight is 197 g/mol. The summed E-state index contributed by atoms with van der Waals surface area (Å²) in [4.78, 5) is 0. The Labute approximate surface area is 85.4 Å². The lowest BCUT2D eigenvalue weighted by molar-refractivity contribution is 0.427. The smallest absolute Gasteiger partial charge is 0.0238 e. The molecule has 1 aliphatic carbocycles. The van der Waals surface area contributed by atoms with E-state index in [4.69, 9.17) is 0 Å². The molecule has 2 atom stereocenters. The van der Waals surface area contributed by atoms with E-state index < -0.39 is 0 Å². The molecule has 0 aromatic carbocycles. The van der Waals surface area contributed by atoms with Crippen molar-refractivity contribution in [1.82, 2.24) is 5.32 Å². The Morgan fingerprint density at radius 2 is 2.31 bits per heavy atom. The molecule has 1 aliphatic heterocycles. The summed E-state index contributed by atoms with van der Waals surface area (Å²) >= 11 is 2.17. The topological polar surface area (TPSA) is 12.0 Å². The van der Waals surface area contributed by atoms with E-state index in [2.05, 4.69) is 30.9 Å².